The third-order valence-electron chi connectivity index (χ3n) is 3.75. The molecule has 2 nitrogen and oxygen atoms in total. The van der Waals surface area contributed by atoms with Crippen molar-refractivity contribution in [3.63, 3.8) is 0 Å². The van der Waals surface area contributed by atoms with Crippen LogP contribution in [0.3, 0.4) is 0 Å². The van der Waals surface area contributed by atoms with E-state index in [1.54, 1.807) is 0 Å². The van der Waals surface area contributed by atoms with Gasteiger partial charge in [0.1, 0.15) is 6.07 Å². The molecule has 0 unspecified atom stereocenters. The Morgan fingerprint density at radius 2 is 2.11 bits per heavy atom. The van der Waals surface area contributed by atoms with Gasteiger partial charge in [-0.25, -0.2) is 0 Å². The van der Waals surface area contributed by atoms with Gasteiger partial charge in [0, 0.05) is 18.9 Å². The fourth-order valence-electron chi connectivity index (χ4n) is 2.77. The van der Waals surface area contributed by atoms with Gasteiger partial charge in [-0.3, -0.25) is 0 Å². The summed E-state index contributed by atoms with van der Waals surface area (Å²) in [6.45, 7) is 1.07. The van der Waals surface area contributed by atoms with E-state index in [2.05, 4.69) is 46.1 Å². The van der Waals surface area contributed by atoms with Crippen molar-refractivity contribution in [2.45, 2.75) is 31.0 Å². The molecule has 1 aromatic rings. The van der Waals surface area contributed by atoms with Crippen LogP contribution in [0.5, 0.6) is 0 Å². The number of hydrogen-bond acceptors (Lipinski definition) is 2. The predicted octanol–water partition coefficient (Wildman–Crippen LogP) is 4.08. The van der Waals surface area contributed by atoms with Crippen LogP contribution in [0.25, 0.3) is 0 Å². The Bertz CT molecular complexity index is 444. The molecule has 0 bridgehead atoms. The van der Waals surface area contributed by atoms with E-state index in [-0.39, 0.29) is 0 Å². The zero-order valence-corrected chi connectivity index (χ0v) is 12.4. The molecular formula is C15H19BrN2. The molecule has 0 atom stereocenters. The lowest BCUT2D eigenvalue weighted by Gasteiger charge is -2.24. The number of nitrogens with zero attached hydrogens (tertiary/aromatic N) is 2. The molecule has 1 aliphatic rings. The van der Waals surface area contributed by atoms with E-state index < -0.39 is 0 Å². The molecule has 18 heavy (non-hydrogen) atoms. The first-order chi connectivity index (χ1) is 8.74. The highest BCUT2D eigenvalue weighted by molar-refractivity contribution is 9.08. The van der Waals surface area contributed by atoms with Crippen molar-refractivity contribution >= 4 is 21.6 Å². The molecule has 0 aromatic heterocycles. The maximum absolute atomic E-state index is 9.26. The molecule has 2 rings (SSSR count). The Morgan fingerprint density at radius 1 is 1.39 bits per heavy atom. The summed E-state index contributed by atoms with van der Waals surface area (Å²) in [6.07, 6.45) is 5.41. The Morgan fingerprint density at radius 3 is 2.72 bits per heavy atom. The molecule has 0 aliphatic heterocycles. The van der Waals surface area contributed by atoms with Gasteiger partial charge in [0.05, 0.1) is 11.3 Å². The number of anilines is 1. The van der Waals surface area contributed by atoms with Crippen molar-refractivity contribution in [2.75, 3.05) is 18.5 Å². The normalized spacial score (nSPS) is 15.6. The lowest BCUT2D eigenvalue weighted by molar-refractivity contribution is 0.547. The summed E-state index contributed by atoms with van der Waals surface area (Å²) in [4.78, 5) is 2.24. The second kappa shape index (κ2) is 6.24. The van der Waals surface area contributed by atoms with Crippen LogP contribution in [0.15, 0.2) is 18.2 Å². The number of rotatable bonds is 4. The van der Waals surface area contributed by atoms with Crippen molar-refractivity contribution in [3.05, 3.63) is 29.3 Å². The van der Waals surface area contributed by atoms with E-state index in [1.807, 2.05) is 6.07 Å². The van der Waals surface area contributed by atoms with Gasteiger partial charge in [-0.05, 0) is 36.5 Å². The summed E-state index contributed by atoms with van der Waals surface area (Å²) in [5.74, 6) is 0.803. The van der Waals surface area contributed by atoms with E-state index in [9.17, 15) is 5.26 Å². The van der Waals surface area contributed by atoms with Gasteiger partial charge >= 0.3 is 0 Å². The predicted molar refractivity (Wildman–Crippen MR) is 79.0 cm³/mol. The summed E-state index contributed by atoms with van der Waals surface area (Å²) < 4.78 is 0. The summed E-state index contributed by atoms with van der Waals surface area (Å²) >= 11 is 3.43. The van der Waals surface area contributed by atoms with Gasteiger partial charge in [0.2, 0.25) is 0 Å². The van der Waals surface area contributed by atoms with Gasteiger partial charge in [0.15, 0.2) is 0 Å². The third-order valence-corrected chi connectivity index (χ3v) is 4.40. The molecule has 1 fully saturated rings. The van der Waals surface area contributed by atoms with E-state index in [1.165, 1.54) is 25.7 Å². The van der Waals surface area contributed by atoms with Crippen LogP contribution in [0.4, 0.5) is 5.69 Å². The van der Waals surface area contributed by atoms with Crippen molar-refractivity contribution in [2.24, 2.45) is 5.92 Å². The summed E-state index contributed by atoms with van der Waals surface area (Å²) in [5.41, 5.74) is 3.01. The molecule has 0 radical (unpaired) electrons. The largest absolute Gasteiger partial charge is 0.373 e. The van der Waals surface area contributed by atoms with Gasteiger partial charge in [-0.1, -0.05) is 34.8 Å². The minimum atomic E-state index is 0.785. The average molecular weight is 307 g/mol. The van der Waals surface area contributed by atoms with Crippen molar-refractivity contribution in [1.29, 1.82) is 5.26 Å². The molecule has 1 aliphatic carbocycles. The van der Waals surface area contributed by atoms with Crippen LogP contribution in [0.1, 0.15) is 36.8 Å². The van der Waals surface area contributed by atoms with E-state index in [0.29, 0.717) is 0 Å². The van der Waals surface area contributed by atoms with Crippen LogP contribution in [0, 0.1) is 17.2 Å². The fourth-order valence-corrected chi connectivity index (χ4v) is 3.12. The van der Waals surface area contributed by atoms with Crippen molar-refractivity contribution < 1.29 is 0 Å². The molecule has 96 valence electrons. The number of alkyl halides is 1. The maximum Gasteiger partial charge on any atom is 0.101 e. The molecule has 0 N–H and O–H groups in total. The van der Waals surface area contributed by atoms with Gasteiger partial charge in [-0.2, -0.15) is 5.26 Å². The van der Waals surface area contributed by atoms with Crippen molar-refractivity contribution in [3.8, 4) is 6.07 Å². The van der Waals surface area contributed by atoms with E-state index in [0.717, 1.165) is 34.6 Å². The van der Waals surface area contributed by atoms with Gasteiger partial charge in [-0.15, -0.1) is 0 Å². The Labute approximate surface area is 118 Å². The third kappa shape index (κ3) is 3.05. The second-order valence-electron chi connectivity index (χ2n) is 5.13. The average Bonchev–Trinajstić information content (AvgIpc) is 2.90. The Hall–Kier alpha value is -1.01. The number of nitriles is 1. The van der Waals surface area contributed by atoms with Crippen molar-refractivity contribution in [1.82, 2.24) is 0 Å². The highest BCUT2D eigenvalue weighted by atomic mass is 79.9. The fraction of sp³-hybridized carbons (Fsp3) is 0.533. The molecule has 0 spiro atoms. The number of benzene rings is 1. The maximum atomic E-state index is 9.26. The quantitative estimate of drug-likeness (QED) is 0.784. The molecule has 1 aromatic carbocycles. The molecular weight excluding hydrogens is 288 g/mol. The van der Waals surface area contributed by atoms with Crippen LogP contribution in [-0.2, 0) is 5.33 Å². The summed E-state index contributed by atoms with van der Waals surface area (Å²) in [7, 11) is 2.10. The van der Waals surface area contributed by atoms with Gasteiger partial charge < -0.3 is 4.90 Å². The topological polar surface area (TPSA) is 27.0 Å². The van der Waals surface area contributed by atoms with E-state index >= 15 is 0 Å². The highest BCUT2D eigenvalue weighted by Crippen LogP contribution is 2.28. The lowest BCUT2D eigenvalue weighted by Crippen LogP contribution is -2.24. The summed E-state index contributed by atoms with van der Waals surface area (Å²) in [5, 5.41) is 10.1. The first-order valence-electron chi connectivity index (χ1n) is 6.54. The smallest absolute Gasteiger partial charge is 0.101 e. The molecule has 3 heteroatoms. The minimum Gasteiger partial charge on any atom is -0.373 e. The lowest BCUT2D eigenvalue weighted by atomic mass is 10.1. The zero-order valence-electron chi connectivity index (χ0n) is 10.8. The number of hydrogen-bond donors (Lipinski definition) is 0. The first-order valence-corrected chi connectivity index (χ1v) is 7.67. The molecule has 0 amide bonds. The van der Waals surface area contributed by atoms with E-state index in [4.69, 9.17) is 0 Å². The van der Waals surface area contributed by atoms with Crippen LogP contribution in [-0.4, -0.2) is 13.6 Å². The van der Waals surface area contributed by atoms with Gasteiger partial charge in [0.25, 0.3) is 0 Å². The van der Waals surface area contributed by atoms with Crippen LogP contribution >= 0.6 is 15.9 Å². The van der Waals surface area contributed by atoms with Crippen LogP contribution in [0.2, 0.25) is 0 Å². The molecule has 0 heterocycles. The standard InChI is InChI=1S/C15H19BrN2/c1-18(11-12-4-2-3-5-12)15-7-6-13(9-16)8-14(15)10-17/h6-8,12H,2-5,9,11H2,1H3. The second-order valence-corrected chi connectivity index (χ2v) is 5.69. The number of halogens is 1. The highest BCUT2D eigenvalue weighted by Gasteiger charge is 2.18. The Kier molecular flexibility index (Phi) is 4.66. The Balaban J connectivity index is 2.13. The molecule has 0 saturated heterocycles. The minimum absolute atomic E-state index is 0.785. The zero-order chi connectivity index (χ0) is 13.0. The molecule has 1 saturated carbocycles. The van der Waals surface area contributed by atoms with Crippen LogP contribution < -0.4 is 4.90 Å². The monoisotopic (exact) mass is 306 g/mol. The summed E-state index contributed by atoms with van der Waals surface area (Å²) in [6, 6.07) is 8.46. The SMILES string of the molecule is CN(CC1CCCC1)c1ccc(CBr)cc1C#N. The first kappa shape index (κ1) is 13.4.